The number of nitrogens with one attached hydrogen (secondary N) is 2. The number of aromatic nitrogens is 1. The van der Waals surface area contributed by atoms with Gasteiger partial charge >= 0.3 is 0 Å². The molecule has 2 aliphatic rings. The fourth-order valence-corrected chi connectivity index (χ4v) is 5.15. The fraction of sp³-hybridized carbons (Fsp3) is 0.346. The summed E-state index contributed by atoms with van der Waals surface area (Å²) in [6.45, 7) is 1.66. The number of carbonyl (C=O) groups excluding carboxylic acids is 2. The van der Waals surface area contributed by atoms with Crippen LogP contribution in [-0.4, -0.2) is 22.1 Å². The molecule has 1 aliphatic heterocycles. The molecule has 3 unspecified atom stereocenters. The molecule has 0 radical (unpaired) electrons. The highest BCUT2D eigenvalue weighted by atomic mass is 16.5. The van der Waals surface area contributed by atoms with Crippen molar-refractivity contribution in [3.8, 4) is 0 Å². The number of fused-ring (bicyclic) bond motifs is 1. The van der Waals surface area contributed by atoms with Gasteiger partial charge in [-0.2, -0.15) is 0 Å². The predicted molar refractivity (Wildman–Crippen MR) is 126 cm³/mol. The van der Waals surface area contributed by atoms with Gasteiger partial charge in [0.05, 0.1) is 18.3 Å². The van der Waals surface area contributed by atoms with E-state index < -0.39 is 0 Å². The molecule has 1 saturated carbocycles. The van der Waals surface area contributed by atoms with Gasteiger partial charge in [-0.1, -0.05) is 42.3 Å². The summed E-state index contributed by atoms with van der Waals surface area (Å²) in [5.74, 6) is 0.138. The number of anilines is 2. The van der Waals surface area contributed by atoms with Gasteiger partial charge in [-0.3, -0.25) is 19.9 Å². The fourth-order valence-electron chi connectivity index (χ4n) is 5.15. The number of hydrogen-bond acceptors (Lipinski definition) is 6. The molecule has 5 rings (SSSR count). The topological polar surface area (TPSA) is 108 Å². The van der Waals surface area contributed by atoms with Gasteiger partial charge < -0.3 is 9.63 Å². The average molecular weight is 461 g/mol. The first-order valence-electron chi connectivity index (χ1n) is 11.7. The molecule has 34 heavy (non-hydrogen) atoms. The molecule has 3 N–H and O–H groups in total. The second-order valence-corrected chi connectivity index (χ2v) is 9.04. The smallest absolute Gasteiger partial charge is 0.268 e. The first-order valence-corrected chi connectivity index (χ1v) is 11.7. The van der Waals surface area contributed by atoms with Crippen molar-refractivity contribution in [2.24, 2.45) is 11.8 Å². The van der Waals surface area contributed by atoms with E-state index in [0.717, 1.165) is 36.8 Å². The zero-order chi connectivity index (χ0) is 23.7. The Hall–Kier alpha value is -3.49. The van der Waals surface area contributed by atoms with Crippen LogP contribution in [0.5, 0.6) is 0 Å². The molecule has 2 fully saturated rings. The van der Waals surface area contributed by atoms with Crippen LogP contribution >= 0.6 is 0 Å². The molecule has 2 amide bonds. The van der Waals surface area contributed by atoms with Crippen molar-refractivity contribution in [2.75, 3.05) is 4.90 Å². The Bertz CT molecular complexity index is 1170. The van der Waals surface area contributed by atoms with Crippen LogP contribution in [-0.2, 0) is 11.4 Å². The van der Waals surface area contributed by atoms with Crippen LogP contribution in [0.25, 0.3) is 0 Å². The molecule has 2 aromatic carbocycles. The lowest BCUT2D eigenvalue weighted by Crippen LogP contribution is -2.55. The molecule has 8 heteroatoms. The third-order valence-corrected chi connectivity index (χ3v) is 7.01. The van der Waals surface area contributed by atoms with Crippen LogP contribution in [0.2, 0.25) is 0 Å². The van der Waals surface area contributed by atoms with Gasteiger partial charge in [-0.05, 0) is 61.1 Å². The van der Waals surface area contributed by atoms with Gasteiger partial charge in [0.15, 0.2) is 0 Å². The highest BCUT2D eigenvalue weighted by Crippen LogP contribution is 2.41. The van der Waals surface area contributed by atoms with Crippen LogP contribution in [0.3, 0.4) is 0 Å². The normalized spacial score (nSPS) is 22.1. The van der Waals surface area contributed by atoms with E-state index in [1.54, 1.807) is 24.0 Å². The van der Waals surface area contributed by atoms with E-state index in [-0.39, 0.29) is 36.3 Å². The summed E-state index contributed by atoms with van der Waals surface area (Å²) >= 11 is 0. The molecule has 2 heterocycles. The highest BCUT2D eigenvalue weighted by Gasteiger charge is 2.40. The molecule has 3 aromatic rings. The summed E-state index contributed by atoms with van der Waals surface area (Å²) in [7, 11) is 0. The Balaban J connectivity index is 1.47. The lowest BCUT2D eigenvalue weighted by molar-refractivity contribution is -0.133. The number of aliphatic hydroxyl groups excluding tert-OH is 1. The molecule has 3 atom stereocenters. The van der Waals surface area contributed by atoms with E-state index in [9.17, 15) is 14.7 Å². The summed E-state index contributed by atoms with van der Waals surface area (Å²) in [4.78, 5) is 27.4. The quantitative estimate of drug-likeness (QED) is 0.532. The summed E-state index contributed by atoms with van der Waals surface area (Å²) in [6, 6.07) is 15.1. The Kier molecular flexibility index (Phi) is 6.17. The number of rotatable bonds is 5. The van der Waals surface area contributed by atoms with Crippen molar-refractivity contribution in [1.82, 2.24) is 16.0 Å². The molecule has 1 aromatic heterocycles. The molecule has 176 valence electrons. The molecule has 0 bridgehead atoms. The van der Waals surface area contributed by atoms with Gasteiger partial charge in [0.1, 0.15) is 11.8 Å². The summed E-state index contributed by atoms with van der Waals surface area (Å²) in [5.41, 5.74) is 10.2. The second-order valence-electron chi connectivity index (χ2n) is 9.04. The number of hydrogen-bond donors (Lipinski definition) is 3. The van der Waals surface area contributed by atoms with Crippen LogP contribution < -0.4 is 15.8 Å². The molecule has 1 saturated heterocycles. The van der Waals surface area contributed by atoms with Gasteiger partial charge in [0.25, 0.3) is 5.91 Å². The second kappa shape index (κ2) is 9.40. The number of nitrogens with zero attached hydrogens (tertiary/aromatic N) is 2. The molecular formula is C26H28N4O4. The predicted octanol–water partition coefficient (Wildman–Crippen LogP) is 3.94. The minimum Gasteiger partial charge on any atom is -0.392 e. The maximum Gasteiger partial charge on any atom is 0.268 e. The Labute approximate surface area is 197 Å². The minimum atomic E-state index is -0.251. The van der Waals surface area contributed by atoms with Gasteiger partial charge in [-0.15, -0.1) is 0 Å². The lowest BCUT2D eigenvalue weighted by Gasteiger charge is -2.41. The van der Waals surface area contributed by atoms with Crippen LogP contribution in [0.15, 0.2) is 59.3 Å². The Morgan fingerprint density at radius 2 is 1.76 bits per heavy atom. The van der Waals surface area contributed by atoms with E-state index in [4.69, 9.17) is 4.52 Å². The van der Waals surface area contributed by atoms with E-state index >= 15 is 0 Å². The van der Waals surface area contributed by atoms with E-state index in [1.807, 2.05) is 36.4 Å². The van der Waals surface area contributed by atoms with E-state index in [0.29, 0.717) is 22.6 Å². The number of aliphatic hydroxyl groups is 1. The molecule has 1 aliphatic carbocycles. The third-order valence-electron chi connectivity index (χ3n) is 7.01. The number of hydrazine groups is 1. The maximum atomic E-state index is 13.5. The van der Waals surface area contributed by atoms with Crippen LogP contribution in [0.1, 0.15) is 58.9 Å². The zero-order valence-electron chi connectivity index (χ0n) is 19.0. The number of benzene rings is 2. The van der Waals surface area contributed by atoms with Crippen LogP contribution in [0, 0.1) is 18.8 Å². The molecule has 0 spiro atoms. The summed E-state index contributed by atoms with van der Waals surface area (Å²) in [6.07, 6.45) is 5.53. The van der Waals surface area contributed by atoms with Gasteiger partial charge in [-0.25, -0.2) is 5.43 Å². The number of carbonyl (C=O) groups is 2. The van der Waals surface area contributed by atoms with Crippen LogP contribution in [0.4, 0.5) is 11.4 Å². The average Bonchev–Trinajstić information content (AvgIpc) is 3.31. The third kappa shape index (κ3) is 4.10. The molecular weight excluding hydrogens is 432 g/mol. The van der Waals surface area contributed by atoms with Crippen molar-refractivity contribution in [2.45, 2.75) is 45.3 Å². The monoisotopic (exact) mass is 460 g/mol. The minimum absolute atomic E-state index is 0.0327. The molecule has 8 nitrogen and oxygen atoms in total. The van der Waals surface area contributed by atoms with Gasteiger partial charge in [0, 0.05) is 17.3 Å². The first kappa shape index (κ1) is 22.3. The Morgan fingerprint density at radius 1 is 1.09 bits per heavy atom. The van der Waals surface area contributed by atoms with Crippen molar-refractivity contribution >= 4 is 23.2 Å². The summed E-state index contributed by atoms with van der Waals surface area (Å²) in [5, 5.41) is 13.3. The Morgan fingerprint density at radius 3 is 2.41 bits per heavy atom. The highest BCUT2D eigenvalue weighted by molar-refractivity contribution is 6.11. The van der Waals surface area contributed by atoms with Gasteiger partial charge in [0.2, 0.25) is 5.91 Å². The SMILES string of the molecule is Cc1nocc1C(=O)N(c1ccc(CO)cc1)c1ccc(C2NNC(=O)C3CCCCC32)cc1. The largest absolute Gasteiger partial charge is 0.392 e. The number of aryl methyl sites for hydroxylation is 1. The first-order chi connectivity index (χ1) is 16.6. The van der Waals surface area contributed by atoms with Crippen molar-refractivity contribution in [3.05, 3.63) is 77.2 Å². The standard InChI is InChI=1S/C26H28N4O4/c1-16-23(15-34-29-16)26(33)30(19-10-6-17(14-31)7-11-19)20-12-8-18(9-13-20)24-21-4-2-3-5-22(21)25(32)28-27-24/h6-13,15,21-22,24,27,31H,2-5,14H2,1H3,(H,28,32). The zero-order valence-corrected chi connectivity index (χ0v) is 19.0. The number of amides is 2. The lowest BCUT2D eigenvalue weighted by atomic mass is 9.72. The van der Waals surface area contributed by atoms with Crippen molar-refractivity contribution < 1.29 is 19.2 Å². The van der Waals surface area contributed by atoms with E-state index in [2.05, 4.69) is 16.0 Å². The van der Waals surface area contributed by atoms with Crippen molar-refractivity contribution in [1.29, 1.82) is 0 Å². The summed E-state index contributed by atoms with van der Waals surface area (Å²) < 4.78 is 5.01. The van der Waals surface area contributed by atoms with E-state index in [1.165, 1.54) is 6.26 Å². The maximum absolute atomic E-state index is 13.5. The van der Waals surface area contributed by atoms with Crippen molar-refractivity contribution in [3.63, 3.8) is 0 Å².